The molecule has 0 aromatic heterocycles. The van der Waals surface area contributed by atoms with E-state index in [-0.39, 0.29) is 16.8 Å². The topological polar surface area (TPSA) is 79.0 Å². The number of nitrogens with one attached hydrogen (secondary N) is 1. The number of carbonyl (C=O) groups is 1. The average Bonchev–Trinajstić information content (AvgIpc) is 2.89. The van der Waals surface area contributed by atoms with Crippen molar-refractivity contribution >= 4 is 21.6 Å². The zero-order chi connectivity index (χ0) is 23.5. The van der Waals surface area contributed by atoms with Crippen molar-refractivity contribution in [3.63, 3.8) is 0 Å². The largest absolute Gasteiger partial charge is 0.379 e. The third-order valence-corrected chi connectivity index (χ3v) is 9.09. The number of morpholine rings is 1. The van der Waals surface area contributed by atoms with E-state index >= 15 is 0 Å². The van der Waals surface area contributed by atoms with Crippen molar-refractivity contribution in [2.45, 2.75) is 49.5 Å². The SMILES string of the molecule is O=C(N[C@@H]1CCCc2ccccc21)c1cc(S(=O)(=O)N2CCOCC2)ccc1N1CCCCC1. The second-order valence-corrected chi connectivity index (χ2v) is 11.3. The Labute approximate surface area is 202 Å². The molecular weight excluding hydrogens is 450 g/mol. The lowest BCUT2D eigenvalue weighted by atomic mass is 9.87. The fourth-order valence-corrected chi connectivity index (χ4v) is 6.78. The van der Waals surface area contributed by atoms with Gasteiger partial charge in [0, 0.05) is 31.9 Å². The van der Waals surface area contributed by atoms with E-state index in [0.29, 0.717) is 31.9 Å². The van der Waals surface area contributed by atoms with Crippen LogP contribution in [-0.4, -0.2) is 58.0 Å². The first-order chi connectivity index (χ1) is 16.5. The Morgan fingerprint density at radius 2 is 1.71 bits per heavy atom. The molecule has 182 valence electrons. The minimum atomic E-state index is -3.69. The smallest absolute Gasteiger partial charge is 0.253 e. The van der Waals surface area contributed by atoms with Crippen molar-refractivity contribution in [1.82, 2.24) is 9.62 Å². The van der Waals surface area contributed by atoms with Crippen LogP contribution in [0.2, 0.25) is 0 Å². The summed E-state index contributed by atoms with van der Waals surface area (Å²) in [5, 5.41) is 3.24. The number of piperidine rings is 1. The summed E-state index contributed by atoms with van der Waals surface area (Å²) in [7, 11) is -3.69. The van der Waals surface area contributed by atoms with Crippen LogP contribution in [0.25, 0.3) is 0 Å². The second kappa shape index (κ2) is 10.1. The number of aryl methyl sites for hydroxylation is 1. The fraction of sp³-hybridized carbons (Fsp3) is 0.500. The van der Waals surface area contributed by atoms with Crippen LogP contribution < -0.4 is 10.2 Å². The molecule has 2 aromatic rings. The summed E-state index contributed by atoms with van der Waals surface area (Å²) in [5.41, 5.74) is 3.71. The third-order valence-electron chi connectivity index (χ3n) is 7.19. The third kappa shape index (κ3) is 4.72. The Morgan fingerprint density at radius 3 is 2.50 bits per heavy atom. The lowest BCUT2D eigenvalue weighted by Crippen LogP contribution is -2.41. The van der Waals surface area contributed by atoms with Gasteiger partial charge in [0.25, 0.3) is 5.91 Å². The highest BCUT2D eigenvalue weighted by atomic mass is 32.2. The zero-order valence-corrected chi connectivity index (χ0v) is 20.4. The standard InChI is InChI=1S/C26H33N3O4S/c30-26(27-24-10-6-8-20-7-2-3-9-22(20)24)23-19-21(34(31,32)29-15-17-33-18-16-29)11-12-25(23)28-13-4-1-5-14-28/h2-3,7,9,11-12,19,24H,1,4-6,8,10,13-18H2,(H,27,30)/t24-/m1/s1. The fourth-order valence-electron chi connectivity index (χ4n) is 5.34. The molecule has 1 amide bonds. The van der Waals surface area contributed by atoms with Gasteiger partial charge in [0.1, 0.15) is 0 Å². The van der Waals surface area contributed by atoms with E-state index in [9.17, 15) is 13.2 Å². The first kappa shape index (κ1) is 23.3. The van der Waals surface area contributed by atoms with Gasteiger partial charge in [-0.15, -0.1) is 0 Å². The maximum absolute atomic E-state index is 13.7. The summed E-state index contributed by atoms with van der Waals surface area (Å²) in [6.45, 7) is 3.19. The highest BCUT2D eigenvalue weighted by molar-refractivity contribution is 7.89. The van der Waals surface area contributed by atoms with E-state index in [0.717, 1.165) is 50.9 Å². The minimum Gasteiger partial charge on any atom is -0.379 e. The number of sulfonamides is 1. The monoisotopic (exact) mass is 483 g/mol. The average molecular weight is 484 g/mol. The quantitative estimate of drug-likeness (QED) is 0.704. The van der Waals surface area contributed by atoms with Crippen molar-refractivity contribution in [3.05, 3.63) is 59.2 Å². The number of rotatable bonds is 5. The van der Waals surface area contributed by atoms with Gasteiger partial charge < -0.3 is 15.0 Å². The van der Waals surface area contributed by atoms with E-state index in [2.05, 4.69) is 22.3 Å². The summed E-state index contributed by atoms with van der Waals surface area (Å²) in [4.78, 5) is 16.1. The molecule has 0 unspecified atom stereocenters. The molecule has 2 fully saturated rings. The number of fused-ring (bicyclic) bond motifs is 1. The number of hydrogen-bond acceptors (Lipinski definition) is 5. The van der Waals surface area contributed by atoms with Crippen LogP contribution in [0.4, 0.5) is 5.69 Å². The zero-order valence-electron chi connectivity index (χ0n) is 19.5. The van der Waals surface area contributed by atoms with Crippen LogP contribution in [0.15, 0.2) is 47.4 Å². The summed E-state index contributed by atoms with van der Waals surface area (Å²) < 4.78 is 33.4. The normalized spacial score (nSPS) is 21.6. The summed E-state index contributed by atoms with van der Waals surface area (Å²) >= 11 is 0. The van der Waals surface area contributed by atoms with E-state index in [4.69, 9.17) is 4.74 Å². The number of hydrogen-bond donors (Lipinski definition) is 1. The molecule has 5 rings (SSSR count). The maximum atomic E-state index is 13.7. The van der Waals surface area contributed by atoms with Gasteiger partial charge in [-0.1, -0.05) is 24.3 Å². The molecule has 0 spiro atoms. The van der Waals surface area contributed by atoms with Crippen LogP contribution >= 0.6 is 0 Å². The maximum Gasteiger partial charge on any atom is 0.253 e. The molecular formula is C26H33N3O4S. The Kier molecular flexibility index (Phi) is 6.90. The Morgan fingerprint density at radius 1 is 0.941 bits per heavy atom. The Hall–Kier alpha value is -2.42. The molecule has 2 aromatic carbocycles. The lowest BCUT2D eigenvalue weighted by molar-refractivity contribution is 0.0730. The van der Waals surface area contributed by atoms with Gasteiger partial charge in [-0.2, -0.15) is 4.31 Å². The molecule has 1 N–H and O–H groups in total. The second-order valence-electron chi connectivity index (χ2n) is 9.36. The molecule has 2 heterocycles. The molecule has 3 aliphatic rings. The van der Waals surface area contributed by atoms with Crippen LogP contribution in [0, 0.1) is 0 Å². The van der Waals surface area contributed by atoms with Crippen molar-refractivity contribution in [2.24, 2.45) is 0 Å². The number of carbonyl (C=O) groups excluding carboxylic acids is 1. The molecule has 2 aliphatic heterocycles. The van der Waals surface area contributed by atoms with Gasteiger partial charge in [0.2, 0.25) is 10.0 Å². The van der Waals surface area contributed by atoms with Gasteiger partial charge in [0.15, 0.2) is 0 Å². The number of amides is 1. The van der Waals surface area contributed by atoms with Gasteiger partial charge in [-0.25, -0.2) is 8.42 Å². The predicted octanol–water partition coefficient (Wildman–Crippen LogP) is 3.51. The Bertz CT molecular complexity index is 1140. The van der Waals surface area contributed by atoms with Crippen LogP contribution in [-0.2, 0) is 21.2 Å². The van der Waals surface area contributed by atoms with E-state index in [1.807, 2.05) is 18.2 Å². The molecule has 1 aliphatic carbocycles. The van der Waals surface area contributed by atoms with E-state index in [1.54, 1.807) is 12.1 Å². The molecule has 0 saturated carbocycles. The van der Waals surface area contributed by atoms with Gasteiger partial charge in [-0.05, 0) is 67.9 Å². The van der Waals surface area contributed by atoms with Gasteiger partial charge in [-0.3, -0.25) is 4.79 Å². The molecule has 2 saturated heterocycles. The summed E-state index contributed by atoms with van der Waals surface area (Å²) in [6, 6.07) is 13.3. The number of ether oxygens (including phenoxy) is 1. The van der Waals surface area contributed by atoms with Gasteiger partial charge in [0.05, 0.1) is 29.7 Å². The van der Waals surface area contributed by atoms with Crippen LogP contribution in [0.1, 0.15) is 59.6 Å². The van der Waals surface area contributed by atoms with Gasteiger partial charge >= 0.3 is 0 Å². The van der Waals surface area contributed by atoms with E-state index < -0.39 is 10.0 Å². The summed E-state index contributed by atoms with van der Waals surface area (Å²) in [6.07, 6.45) is 6.25. The molecule has 0 radical (unpaired) electrons. The lowest BCUT2D eigenvalue weighted by Gasteiger charge is -2.32. The number of benzene rings is 2. The molecule has 0 bridgehead atoms. The molecule has 34 heavy (non-hydrogen) atoms. The van der Waals surface area contributed by atoms with Crippen LogP contribution in [0.3, 0.4) is 0 Å². The van der Waals surface area contributed by atoms with Crippen LogP contribution in [0.5, 0.6) is 0 Å². The predicted molar refractivity (Wildman–Crippen MR) is 132 cm³/mol. The van der Waals surface area contributed by atoms with Crippen molar-refractivity contribution in [2.75, 3.05) is 44.3 Å². The molecule has 1 atom stereocenters. The van der Waals surface area contributed by atoms with Crippen molar-refractivity contribution in [3.8, 4) is 0 Å². The van der Waals surface area contributed by atoms with E-state index in [1.165, 1.54) is 21.9 Å². The number of nitrogens with zero attached hydrogens (tertiary/aromatic N) is 2. The highest BCUT2D eigenvalue weighted by Gasteiger charge is 2.30. The molecule has 8 heteroatoms. The first-order valence-electron chi connectivity index (χ1n) is 12.4. The summed E-state index contributed by atoms with van der Waals surface area (Å²) in [5.74, 6) is -0.207. The Balaban J connectivity index is 1.48. The molecule has 7 nitrogen and oxygen atoms in total. The number of anilines is 1. The first-order valence-corrected chi connectivity index (χ1v) is 13.8. The highest BCUT2D eigenvalue weighted by Crippen LogP contribution is 2.32. The van der Waals surface area contributed by atoms with Crippen molar-refractivity contribution < 1.29 is 17.9 Å². The van der Waals surface area contributed by atoms with Crippen molar-refractivity contribution in [1.29, 1.82) is 0 Å². The minimum absolute atomic E-state index is 0.0637.